The Bertz CT molecular complexity index is 615. The first-order chi connectivity index (χ1) is 9.74. The van der Waals surface area contributed by atoms with Crippen molar-refractivity contribution >= 4 is 11.9 Å². The Kier molecular flexibility index (Phi) is 4.82. The molecule has 2 rings (SSSR count). The maximum Gasteiger partial charge on any atom is 0.185 e. The van der Waals surface area contributed by atoms with Gasteiger partial charge in [0.25, 0.3) is 0 Å². The van der Waals surface area contributed by atoms with Crippen LogP contribution in [0.3, 0.4) is 0 Å². The van der Waals surface area contributed by atoms with E-state index in [1.54, 1.807) is 36.4 Å². The quantitative estimate of drug-likeness (QED) is 0.647. The number of hydrogen-bond donors (Lipinski definition) is 2. The first-order valence-electron chi connectivity index (χ1n) is 6.35. The molecule has 2 N–H and O–H groups in total. The van der Waals surface area contributed by atoms with Crippen LogP contribution in [0.1, 0.15) is 27.0 Å². The Hall–Kier alpha value is -2.23. The van der Waals surface area contributed by atoms with Crippen LogP contribution in [0.15, 0.2) is 54.6 Å². The van der Waals surface area contributed by atoms with Gasteiger partial charge in [-0.3, -0.25) is 4.79 Å². The maximum absolute atomic E-state index is 11.9. The lowest BCUT2D eigenvalue weighted by Gasteiger charge is -2.05. The average molecular weight is 268 g/mol. The number of benzene rings is 2. The zero-order valence-corrected chi connectivity index (χ0v) is 11.0. The SMILES string of the molecule is O=C(/C=C/c1ccc(CO)c(CO)c1)c1ccccc1. The third kappa shape index (κ3) is 3.41. The molecule has 0 radical (unpaired) electrons. The molecule has 0 aliphatic heterocycles. The second-order valence-corrected chi connectivity index (χ2v) is 4.41. The van der Waals surface area contributed by atoms with Crippen molar-refractivity contribution < 1.29 is 15.0 Å². The van der Waals surface area contributed by atoms with Crippen LogP contribution in [0, 0.1) is 0 Å². The van der Waals surface area contributed by atoms with Crippen LogP contribution in [0.5, 0.6) is 0 Å². The minimum atomic E-state index is -0.135. The number of aliphatic hydroxyl groups excluding tert-OH is 2. The summed E-state index contributed by atoms with van der Waals surface area (Å²) in [5.74, 6) is -0.0672. The summed E-state index contributed by atoms with van der Waals surface area (Å²) in [6.45, 7) is -0.243. The summed E-state index contributed by atoms with van der Waals surface area (Å²) in [7, 11) is 0. The first kappa shape index (κ1) is 14.2. The molecule has 0 aliphatic carbocycles. The van der Waals surface area contributed by atoms with Gasteiger partial charge in [-0.2, -0.15) is 0 Å². The highest BCUT2D eigenvalue weighted by Crippen LogP contribution is 2.14. The summed E-state index contributed by atoms with van der Waals surface area (Å²) < 4.78 is 0. The molecule has 0 aliphatic rings. The van der Waals surface area contributed by atoms with Crippen molar-refractivity contribution in [3.63, 3.8) is 0 Å². The molecule has 0 spiro atoms. The molecule has 102 valence electrons. The van der Waals surface area contributed by atoms with Gasteiger partial charge >= 0.3 is 0 Å². The van der Waals surface area contributed by atoms with Crippen molar-refractivity contribution in [1.29, 1.82) is 0 Å². The summed E-state index contributed by atoms with van der Waals surface area (Å²) >= 11 is 0. The van der Waals surface area contributed by atoms with Gasteiger partial charge in [0.2, 0.25) is 0 Å². The fraction of sp³-hybridized carbons (Fsp3) is 0.118. The Morgan fingerprint density at radius 3 is 2.30 bits per heavy atom. The van der Waals surface area contributed by atoms with Gasteiger partial charge in [0, 0.05) is 5.56 Å². The monoisotopic (exact) mass is 268 g/mol. The number of aliphatic hydroxyl groups is 2. The fourth-order valence-corrected chi connectivity index (χ4v) is 1.92. The van der Waals surface area contributed by atoms with Gasteiger partial charge in [-0.15, -0.1) is 0 Å². The van der Waals surface area contributed by atoms with E-state index in [1.165, 1.54) is 6.08 Å². The highest BCUT2D eigenvalue weighted by molar-refractivity contribution is 6.06. The van der Waals surface area contributed by atoms with Gasteiger partial charge in [-0.1, -0.05) is 48.5 Å². The summed E-state index contributed by atoms with van der Waals surface area (Å²) in [4.78, 5) is 11.9. The highest BCUT2D eigenvalue weighted by Gasteiger charge is 2.02. The lowest BCUT2D eigenvalue weighted by Crippen LogP contribution is -1.95. The molecule has 0 saturated carbocycles. The second-order valence-electron chi connectivity index (χ2n) is 4.41. The van der Waals surface area contributed by atoms with Crippen molar-refractivity contribution in [2.45, 2.75) is 13.2 Å². The third-order valence-corrected chi connectivity index (χ3v) is 3.06. The van der Waals surface area contributed by atoms with Crippen molar-refractivity contribution in [3.05, 3.63) is 76.9 Å². The van der Waals surface area contributed by atoms with E-state index in [1.807, 2.05) is 18.2 Å². The molecule has 2 aromatic rings. The molecule has 20 heavy (non-hydrogen) atoms. The Morgan fingerprint density at radius 2 is 1.65 bits per heavy atom. The zero-order chi connectivity index (χ0) is 14.4. The molecule has 0 atom stereocenters. The lowest BCUT2D eigenvalue weighted by molar-refractivity contribution is 0.104. The predicted octanol–water partition coefficient (Wildman–Crippen LogP) is 2.57. The Balaban J connectivity index is 2.17. The van der Waals surface area contributed by atoms with Crippen molar-refractivity contribution in [2.24, 2.45) is 0 Å². The smallest absolute Gasteiger partial charge is 0.185 e. The van der Waals surface area contributed by atoms with Crippen molar-refractivity contribution in [3.8, 4) is 0 Å². The first-order valence-corrected chi connectivity index (χ1v) is 6.35. The lowest BCUT2D eigenvalue weighted by atomic mass is 10.0. The second kappa shape index (κ2) is 6.80. The van der Waals surface area contributed by atoms with E-state index >= 15 is 0 Å². The van der Waals surface area contributed by atoms with Crippen LogP contribution < -0.4 is 0 Å². The summed E-state index contributed by atoms with van der Waals surface area (Å²) in [5.41, 5.74) is 2.81. The number of carbonyl (C=O) groups excluding carboxylic acids is 1. The highest BCUT2D eigenvalue weighted by atomic mass is 16.3. The van der Waals surface area contributed by atoms with E-state index in [9.17, 15) is 9.90 Å². The van der Waals surface area contributed by atoms with E-state index in [0.717, 1.165) is 5.56 Å². The largest absolute Gasteiger partial charge is 0.392 e. The standard InChI is InChI=1S/C17H16O3/c18-11-15-8-6-13(10-16(15)12-19)7-9-17(20)14-4-2-1-3-5-14/h1-10,18-19H,11-12H2/b9-7+. The molecule has 0 aromatic heterocycles. The number of ketones is 1. The van der Waals surface area contributed by atoms with Gasteiger partial charge in [-0.25, -0.2) is 0 Å². The molecule has 0 fully saturated rings. The van der Waals surface area contributed by atoms with E-state index in [4.69, 9.17) is 5.11 Å². The van der Waals surface area contributed by atoms with E-state index < -0.39 is 0 Å². The predicted molar refractivity (Wildman–Crippen MR) is 78.1 cm³/mol. The van der Waals surface area contributed by atoms with Crippen LogP contribution in [0.4, 0.5) is 0 Å². The van der Waals surface area contributed by atoms with Crippen molar-refractivity contribution in [2.75, 3.05) is 0 Å². The molecule has 2 aromatic carbocycles. The molecule has 0 unspecified atom stereocenters. The van der Waals surface area contributed by atoms with Gasteiger partial charge < -0.3 is 10.2 Å². The number of hydrogen-bond acceptors (Lipinski definition) is 3. The molecular weight excluding hydrogens is 252 g/mol. The maximum atomic E-state index is 11.9. The third-order valence-electron chi connectivity index (χ3n) is 3.06. The van der Waals surface area contributed by atoms with Gasteiger partial charge in [-0.05, 0) is 28.8 Å². The summed E-state index contributed by atoms with van der Waals surface area (Å²) in [6.07, 6.45) is 3.21. The molecule has 0 bridgehead atoms. The molecular formula is C17H16O3. The van der Waals surface area contributed by atoms with Crippen LogP contribution in [0.2, 0.25) is 0 Å². The normalized spacial score (nSPS) is 10.9. The minimum absolute atomic E-state index is 0.0672. The number of carbonyl (C=O) groups is 1. The summed E-state index contributed by atoms with van der Waals surface area (Å²) in [5, 5.41) is 18.4. The average Bonchev–Trinajstić information content (AvgIpc) is 2.53. The molecule has 3 heteroatoms. The summed E-state index contributed by atoms with van der Waals surface area (Å²) in [6, 6.07) is 14.4. The Morgan fingerprint density at radius 1 is 0.950 bits per heavy atom. The fourth-order valence-electron chi connectivity index (χ4n) is 1.92. The van der Waals surface area contributed by atoms with E-state index in [0.29, 0.717) is 16.7 Å². The van der Waals surface area contributed by atoms with Gasteiger partial charge in [0.05, 0.1) is 13.2 Å². The van der Waals surface area contributed by atoms with Crippen LogP contribution >= 0.6 is 0 Å². The van der Waals surface area contributed by atoms with E-state index in [-0.39, 0.29) is 19.0 Å². The molecule has 0 heterocycles. The van der Waals surface area contributed by atoms with Crippen molar-refractivity contribution in [1.82, 2.24) is 0 Å². The minimum Gasteiger partial charge on any atom is -0.392 e. The topological polar surface area (TPSA) is 57.5 Å². The molecule has 0 amide bonds. The molecule has 3 nitrogen and oxygen atoms in total. The van der Waals surface area contributed by atoms with Gasteiger partial charge in [0.1, 0.15) is 0 Å². The number of rotatable bonds is 5. The van der Waals surface area contributed by atoms with Crippen LogP contribution in [-0.2, 0) is 13.2 Å². The Labute approximate surface area is 117 Å². The van der Waals surface area contributed by atoms with Crippen LogP contribution in [-0.4, -0.2) is 16.0 Å². The number of allylic oxidation sites excluding steroid dienone is 1. The molecule has 0 saturated heterocycles. The van der Waals surface area contributed by atoms with Gasteiger partial charge in [0.15, 0.2) is 5.78 Å². The zero-order valence-electron chi connectivity index (χ0n) is 11.0. The van der Waals surface area contributed by atoms with Crippen LogP contribution in [0.25, 0.3) is 6.08 Å². The van der Waals surface area contributed by atoms with E-state index in [2.05, 4.69) is 0 Å².